The van der Waals surface area contributed by atoms with Gasteiger partial charge in [0, 0.05) is 29.7 Å². The fourth-order valence-corrected chi connectivity index (χ4v) is 4.28. The third-order valence-corrected chi connectivity index (χ3v) is 5.92. The van der Waals surface area contributed by atoms with Gasteiger partial charge in [0.1, 0.15) is 0 Å². The normalized spacial score (nSPS) is 20.5. The van der Waals surface area contributed by atoms with E-state index >= 15 is 0 Å². The summed E-state index contributed by atoms with van der Waals surface area (Å²) in [4.78, 5) is 2.54. The molecule has 0 spiro atoms. The SMILES string of the molecule is NCC1CCC(CN(Cc2ccc(Cl)cc2)Cc2cccc(Cl)c2)CC1. The van der Waals surface area contributed by atoms with Crippen molar-refractivity contribution in [3.05, 3.63) is 69.7 Å². The van der Waals surface area contributed by atoms with Crippen LogP contribution in [-0.2, 0) is 13.1 Å². The van der Waals surface area contributed by atoms with Crippen molar-refractivity contribution in [2.75, 3.05) is 13.1 Å². The van der Waals surface area contributed by atoms with Crippen LogP contribution in [0.3, 0.4) is 0 Å². The molecular weight excluding hydrogens is 363 g/mol. The van der Waals surface area contributed by atoms with Gasteiger partial charge in [0.2, 0.25) is 0 Å². The lowest BCUT2D eigenvalue weighted by Gasteiger charge is -2.32. The van der Waals surface area contributed by atoms with Crippen LogP contribution in [0.15, 0.2) is 48.5 Å². The van der Waals surface area contributed by atoms with Crippen LogP contribution in [0.5, 0.6) is 0 Å². The van der Waals surface area contributed by atoms with Crippen molar-refractivity contribution in [3.63, 3.8) is 0 Å². The Morgan fingerprint density at radius 3 is 2.12 bits per heavy atom. The van der Waals surface area contributed by atoms with Crippen LogP contribution in [0.25, 0.3) is 0 Å². The Morgan fingerprint density at radius 2 is 1.46 bits per heavy atom. The van der Waals surface area contributed by atoms with E-state index in [1.165, 1.54) is 36.8 Å². The van der Waals surface area contributed by atoms with Gasteiger partial charge in [-0.05, 0) is 79.5 Å². The average molecular weight is 391 g/mol. The molecule has 0 saturated heterocycles. The Balaban J connectivity index is 1.67. The number of hydrogen-bond donors (Lipinski definition) is 1. The molecule has 1 fully saturated rings. The van der Waals surface area contributed by atoms with Gasteiger partial charge in [0.25, 0.3) is 0 Å². The molecule has 26 heavy (non-hydrogen) atoms. The van der Waals surface area contributed by atoms with Crippen LogP contribution in [0.4, 0.5) is 0 Å². The summed E-state index contributed by atoms with van der Waals surface area (Å²) in [6.07, 6.45) is 5.11. The van der Waals surface area contributed by atoms with E-state index in [2.05, 4.69) is 29.2 Å². The highest BCUT2D eigenvalue weighted by Crippen LogP contribution is 2.29. The minimum Gasteiger partial charge on any atom is -0.330 e. The van der Waals surface area contributed by atoms with E-state index in [0.29, 0.717) is 0 Å². The predicted octanol–water partition coefficient (Wildman–Crippen LogP) is 5.76. The maximum absolute atomic E-state index is 6.18. The van der Waals surface area contributed by atoms with Crippen LogP contribution >= 0.6 is 23.2 Å². The molecule has 0 amide bonds. The maximum Gasteiger partial charge on any atom is 0.0409 e. The Labute approximate surface area is 167 Å². The van der Waals surface area contributed by atoms with Crippen molar-refractivity contribution in [3.8, 4) is 0 Å². The highest BCUT2D eigenvalue weighted by molar-refractivity contribution is 6.30. The van der Waals surface area contributed by atoms with Crippen LogP contribution < -0.4 is 5.73 Å². The molecule has 0 heterocycles. The topological polar surface area (TPSA) is 29.3 Å². The molecular formula is C22H28Cl2N2. The summed E-state index contributed by atoms with van der Waals surface area (Å²) in [6, 6.07) is 16.4. The van der Waals surface area contributed by atoms with Crippen molar-refractivity contribution < 1.29 is 0 Å². The zero-order chi connectivity index (χ0) is 18.4. The first-order chi connectivity index (χ1) is 12.6. The minimum absolute atomic E-state index is 0.726. The molecule has 4 heteroatoms. The lowest BCUT2D eigenvalue weighted by Crippen LogP contribution is -2.32. The van der Waals surface area contributed by atoms with Crippen molar-refractivity contribution in [2.45, 2.75) is 38.8 Å². The summed E-state index contributed by atoms with van der Waals surface area (Å²) in [5.74, 6) is 1.48. The minimum atomic E-state index is 0.726. The first-order valence-corrected chi connectivity index (χ1v) is 10.3. The molecule has 2 aromatic rings. The molecule has 1 aliphatic rings. The zero-order valence-electron chi connectivity index (χ0n) is 15.2. The van der Waals surface area contributed by atoms with Crippen LogP contribution in [0.1, 0.15) is 36.8 Å². The predicted molar refractivity (Wildman–Crippen MR) is 112 cm³/mol. The molecule has 0 aromatic heterocycles. The average Bonchev–Trinajstić information content (AvgIpc) is 2.64. The smallest absolute Gasteiger partial charge is 0.0409 e. The number of rotatable bonds is 7. The van der Waals surface area contributed by atoms with Gasteiger partial charge < -0.3 is 5.73 Å². The maximum atomic E-state index is 6.18. The van der Waals surface area contributed by atoms with Crippen LogP contribution in [0.2, 0.25) is 10.0 Å². The first-order valence-electron chi connectivity index (χ1n) is 9.53. The van der Waals surface area contributed by atoms with Gasteiger partial charge in [0.15, 0.2) is 0 Å². The monoisotopic (exact) mass is 390 g/mol. The van der Waals surface area contributed by atoms with Gasteiger partial charge in [0.05, 0.1) is 0 Å². The van der Waals surface area contributed by atoms with Gasteiger partial charge in [-0.3, -0.25) is 4.90 Å². The van der Waals surface area contributed by atoms with E-state index in [9.17, 15) is 0 Å². The van der Waals surface area contributed by atoms with E-state index in [0.717, 1.165) is 48.1 Å². The van der Waals surface area contributed by atoms with E-state index in [1.807, 2.05) is 24.3 Å². The molecule has 3 rings (SSSR count). The largest absolute Gasteiger partial charge is 0.330 e. The summed E-state index contributed by atoms with van der Waals surface area (Å²) in [5.41, 5.74) is 8.41. The number of nitrogens with zero attached hydrogens (tertiary/aromatic N) is 1. The molecule has 0 atom stereocenters. The first kappa shape index (κ1) is 19.7. The Hall–Kier alpha value is -1.06. The van der Waals surface area contributed by atoms with E-state index in [1.54, 1.807) is 0 Å². The highest BCUT2D eigenvalue weighted by Gasteiger charge is 2.22. The number of benzene rings is 2. The second-order valence-corrected chi connectivity index (χ2v) is 8.42. The van der Waals surface area contributed by atoms with E-state index < -0.39 is 0 Å². The molecule has 1 saturated carbocycles. The summed E-state index contributed by atoms with van der Waals surface area (Å²) >= 11 is 12.2. The Kier molecular flexibility index (Phi) is 7.39. The molecule has 0 aliphatic heterocycles. The molecule has 2 aromatic carbocycles. The third-order valence-electron chi connectivity index (χ3n) is 5.43. The molecule has 0 unspecified atom stereocenters. The second kappa shape index (κ2) is 9.75. The highest BCUT2D eigenvalue weighted by atomic mass is 35.5. The molecule has 2 nitrogen and oxygen atoms in total. The summed E-state index contributed by atoms with van der Waals surface area (Å²) < 4.78 is 0. The van der Waals surface area contributed by atoms with Gasteiger partial charge in [-0.1, -0.05) is 47.5 Å². The van der Waals surface area contributed by atoms with Crippen molar-refractivity contribution >= 4 is 23.2 Å². The fraction of sp³-hybridized carbons (Fsp3) is 0.455. The standard InChI is InChI=1S/C22H28Cl2N2/c23-21-10-8-19(9-11-21)15-26(16-20-2-1-3-22(24)12-20)14-18-6-4-17(13-25)5-7-18/h1-3,8-12,17-18H,4-7,13-16,25H2. The molecule has 0 bridgehead atoms. The molecule has 140 valence electrons. The van der Waals surface area contributed by atoms with E-state index in [4.69, 9.17) is 28.9 Å². The Bertz CT molecular complexity index is 679. The summed E-state index contributed by atoms with van der Waals surface area (Å²) in [7, 11) is 0. The van der Waals surface area contributed by atoms with Gasteiger partial charge in [-0.15, -0.1) is 0 Å². The molecule has 2 N–H and O–H groups in total. The third kappa shape index (κ3) is 5.99. The van der Waals surface area contributed by atoms with Gasteiger partial charge in [-0.25, -0.2) is 0 Å². The van der Waals surface area contributed by atoms with Crippen LogP contribution in [-0.4, -0.2) is 18.0 Å². The molecule has 0 radical (unpaired) electrons. The quantitative estimate of drug-likeness (QED) is 0.650. The lowest BCUT2D eigenvalue weighted by molar-refractivity contribution is 0.170. The number of halogens is 2. The number of hydrogen-bond acceptors (Lipinski definition) is 2. The van der Waals surface area contributed by atoms with E-state index in [-0.39, 0.29) is 0 Å². The van der Waals surface area contributed by atoms with Crippen LogP contribution in [0, 0.1) is 11.8 Å². The zero-order valence-corrected chi connectivity index (χ0v) is 16.7. The number of nitrogens with two attached hydrogens (primary N) is 1. The van der Waals surface area contributed by atoms with Crippen molar-refractivity contribution in [1.82, 2.24) is 4.90 Å². The van der Waals surface area contributed by atoms with Crippen molar-refractivity contribution in [2.24, 2.45) is 17.6 Å². The lowest BCUT2D eigenvalue weighted by atomic mass is 9.82. The van der Waals surface area contributed by atoms with Gasteiger partial charge >= 0.3 is 0 Å². The van der Waals surface area contributed by atoms with Crippen molar-refractivity contribution in [1.29, 1.82) is 0 Å². The second-order valence-electron chi connectivity index (χ2n) is 7.55. The fourth-order valence-electron chi connectivity index (χ4n) is 3.94. The van der Waals surface area contributed by atoms with Gasteiger partial charge in [-0.2, -0.15) is 0 Å². The summed E-state index contributed by atoms with van der Waals surface area (Å²) in [5, 5.41) is 1.59. The summed E-state index contributed by atoms with van der Waals surface area (Å²) in [6.45, 7) is 3.80. The molecule has 1 aliphatic carbocycles. The Morgan fingerprint density at radius 1 is 0.808 bits per heavy atom.